The second-order valence-electron chi connectivity index (χ2n) is 5.70. The molecule has 0 nitrogen and oxygen atoms in total. The number of alkyl halides is 1. The predicted octanol–water partition coefficient (Wildman–Crippen LogP) is 6.05. The molecular formula is C17H25Br. The van der Waals surface area contributed by atoms with E-state index in [2.05, 4.69) is 47.1 Å². The van der Waals surface area contributed by atoms with Gasteiger partial charge in [-0.2, -0.15) is 0 Å². The standard InChI is InChI=1S/C17H25Br/c1-2-6-14-9-11-16(12-10-14)17(18)13-15-7-4-3-5-8-15/h9-12,15,17H,2-8,13H2,1H3. The number of hydrogen-bond acceptors (Lipinski definition) is 0. The Kier molecular flexibility index (Phi) is 5.75. The molecule has 1 aromatic carbocycles. The first-order valence-electron chi connectivity index (χ1n) is 7.52. The van der Waals surface area contributed by atoms with Crippen molar-refractivity contribution in [3.8, 4) is 0 Å². The van der Waals surface area contributed by atoms with Gasteiger partial charge in [0.1, 0.15) is 0 Å². The van der Waals surface area contributed by atoms with E-state index in [1.165, 1.54) is 62.5 Å². The van der Waals surface area contributed by atoms with E-state index < -0.39 is 0 Å². The van der Waals surface area contributed by atoms with Crippen molar-refractivity contribution < 1.29 is 0 Å². The summed E-state index contributed by atoms with van der Waals surface area (Å²) in [6.45, 7) is 2.24. The average molecular weight is 309 g/mol. The molecule has 1 aliphatic rings. The van der Waals surface area contributed by atoms with Crippen molar-refractivity contribution in [2.45, 2.75) is 63.1 Å². The molecule has 0 radical (unpaired) electrons. The third-order valence-corrected chi connectivity index (χ3v) is 5.05. The Labute approximate surface area is 120 Å². The van der Waals surface area contributed by atoms with Gasteiger partial charge in [0.2, 0.25) is 0 Å². The van der Waals surface area contributed by atoms with E-state index >= 15 is 0 Å². The molecule has 0 saturated heterocycles. The summed E-state index contributed by atoms with van der Waals surface area (Å²) in [5, 5.41) is 0. The molecule has 1 saturated carbocycles. The van der Waals surface area contributed by atoms with Gasteiger partial charge in [-0.05, 0) is 29.9 Å². The topological polar surface area (TPSA) is 0 Å². The highest BCUT2D eigenvalue weighted by atomic mass is 79.9. The zero-order valence-electron chi connectivity index (χ0n) is 11.5. The summed E-state index contributed by atoms with van der Waals surface area (Å²) in [5.41, 5.74) is 2.93. The Hall–Kier alpha value is -0.300. The van der Waals surface area contributed by atoms with Crippen molar-refractivity contribution in [3.63, 3.8) is 0 Å². The van der Waals surface area contributed by atoms with Crippen molar-refractivity contribution in [1.82, 2.24) is 0 Å². The van der Waals surface area contributed by atoms with Crippen molar-refractivity contribution in [1.29, 1.82) is 0 Å². The van der Waals surface area contributed by atoms with E-state index in [1.807, 2.05) is 0 Å². The quantitative estimate of drug-likeness (QED) is 0.581. The molecule has 100 valence electrons. The molecule has 1 aliphatic carbocycles. The lowest BCUT2D eigenvalue weighted by Crippen LogP contribution is -2.08. The van der Waals surface area contributed by atoms with Crippen LogP contribution in [0, 0.1) is 5.92 Å². The number of halogens is 1. The molecule has 0 amide bonds. The molecule has 0 aromatic heterocycles. The van der Waals surface area contributed by atoms with E-state index in [-0.39, 0.29) is 0 Å². The zero-order valence-corrected chi connectivity index (χ0v) is 13.1. The van der Waals surface area contributed by atoms with E-state index in [0.29, 0.717) is 4.83 Å². The zero-order chi connectivity index (χ0) is 12.8. The number of aryl methyl sites for hydroxylation is 1. The van der Waals surface area contributed by atoms with Gasteiger partial charge in [-0.1, -0.05) is 85.6 Å². The van der Waals surface area contributed by atoms with Crippen LogP contribution in [0.15, 0.2) is 24.3 Å². The van der Waals surface area contributed by atoms with E-state index in [4.69, 9.17) is 0 Å². The smallest absolute Gasteiger partial charge is 0.0397 e. The summed E-state index contributed by atoms with van der Waals surface area (Å²) in [5.74, 6) is 0.943. The highest BCUT2D eigenvalue weighted by molar-refractivity contribution is 9.09. The predicted molar refractivity (Wildman–Crippen MR) is 83.3 cm³/mol. The van der Waals surface area contributed by atoms with Crippen molar-refractivity contribution in [3.05, 3.63) is 35.4 Å². The van der Waals surface area contributed by atoms with Crippen LogP contribution in [0.4, 0.5) is 0 Å². The Balaban J connectivity index is 1.89. The fourth-order valence-corrected chi connectivity index (χ4v) is 3.87. The molecule has 18 heavy (non-hydrogen) atoms. The van der Waals surface area contributed by atoms with Crippen molar-refractivity contribution in [2.75, 3.05) is 0 Å². The van der Waals surface area contributed by atoms with Crippen LogP contribution in [0.5, 0.6) is 0 Å². The van der Waals surface area contributed by atoms with E-state index in [0.717, 1.165) is 5.92 Å². The Bertz CT molecular complexity index is 335. The highest BCUT2D eigenvalue weighted by Gasteiger charge is 2.18. The normalized spacial score (nSPS) is 18.8. The number of benzene rings is 1. The maximum atomic E-state index is 3.89. The minimum Gasteiger partial charge on any atom is -0.0839 e. The van der Waals surface area contributed by atoms with Crippen LogP contribution < -0.4 is 0 Å². The summed E-state index contributed by atoms with van der Waals surface area (Å²) in [6, 6.07) is 9.22. The second kappa shape index (κ2) is 7.33. The minimum absolute atomic E-state index is 0.552. The van der Waals surface area contributed by atoms with Crippen molar-refractivity contribution in [2.24, 2.45) is 5.92 Å². The molecule has 1 fully saturated rings. The molecule has 1 atom stereocenters. The molecule has 0 N–H and O–H groups in total. The molecule has 1 unspecified atom stereocenters. The van der Waals surface area contributed by atoms with Crippen LogP contribution in [0.3, 0.4) is 0 Å². The molecule has 2 rings (SSSR count). The molecule has 0 heterocycles. The van der Waals surface area contributed by atoms with Gasteiger partial charge in [-0.3, -0.25) is 0 Å². The lowest BCUT2D eigenvalue weighted by molar-refractivity contribution is 0.338. The summed E-state index contributed by atoms with van der Waals surface area (Å²) in [4.78, 5) is 0.552. The summed E-state index contributed by atoms with van der Waals surface area (Å²) in [6.07, 6.45) is 11.0. The Morgan fingerprint density at radius 2 is 1.78 bits per heavy atom. The molecule has 1 aromatic rings. The summed E-state index contributed by atoms with van der Waals surface area (Å²) in [7, 11) is 0. The molecular weight excluding hydrogens is 284 g/mol. The van der Waals surface area contributed by atoms with E-state index in [1.54, 1.807) is 0 Å². The van der Waals surface area contributed by atoms with E-state index in [9.17, 15) is 0 Å². The first-order valence-corrected chi connectivity index (χ1v) is 8.44. The Morgan fingerprint density at radius 1 is 1.11 bits per heavy atom. The molecule has 0 bridgehead atoms. The molecule has 0 spiro atoms. The Morgan fingerprint density at radius 3 is 2.39 bits per heavy atom. The fourth-order valence-electron chi connectivity index (χ4n) is 3.03. The van der Waals surface area contributed by atoms with Crippen LogP contribution in [-0.4, -0.2) is 0 Å². The monoisotopic (exact) mass is 308 g/mol. The lowest BCUT2D eigenvalue weighted by atomic mass is 9.85. The first kappa shape index (κ1) is 14.1. The molecule has 1 heteroatoms. The summed E-state index contributed by atoms with van der Waals surface area (Å²) >= 11 is 3.89. The van der Waals surface area contributed by atoms with Crippen LogP contribution in [-0.2, 0) is 6.42 Å². The van der Waals surface area contributed by atoms with Crippen LogP contribution in [0.2, 0.25) is 0 Å². The van der Waals surface area contributed by atoms with Gasteiger partial charge in [0.25, 0.3) is 0 Å². The first-order chi connectivity index (χ1) is 8.79. The maximum absolute atomic E-state index is 3.89. The maximum Gasteiger partial charge on any atom is 0.0397 e. The lowest BCUT2D eigenvalue weighted by Gasteiger charge is -2.24. The van der Waals surface area contributed by atoms with Gasteiger partial charge in [-0.25, -0.2) is 0 Å². The second-order valence-corrected chi connectivity index (χ2v) is 6.80. The molecule has 0 aliphatic heterocycles. The third kappa shape index (κ3) is 4.12. The van der Waals surface area contributed by atoms with Gasteiger partial charge in [-0.15, -0.1) is 0 Å². The summed E-state index contributed by atoms with van der Waals surface area (Å²) < 4.78 is 0. The van der Waals surface area contributed by atoms with Gasteiger partial charge in [0.05, 0.1) is 0 Å². The SMILES string of the molecule is CCCc1ccc(C(Br)CC2CCCCC2)cc1. The number of hydrogen-bond donors (Lipinski definition) is 0. The number of rotatable bonds is 5. The van der Waals surface area contributed by atoms with Gasteiger partial charge in [0, 0.05) is 4.83 Å². The van der Waals surface area contributed by atoms with Gasteiger partial charge in [0.15, 0.2) is 0 Å². The van der Waals surface area contributed by atoms with Gasteiger partial charge < -0.3 is 0 Å². The van der Waals surface area contributed by atoms with Crippen LogP contribution in [0.1, 0.15) is 67.8 Å². The van der Waals surface area contributed by atoms with Crippen LogP contribution >= 0.6 is 15.9 Å². The van der Waals surface area contributed by atoms with Crippen molar-refractivity contribution >= 4 is 15.9 Å². The fraction of sp³-hybridized carbons (Fsp3) is 0.647. The van der Waals surface area contributed by atoms with Gasteiger partial charge >= 0.3 is 0 Å². The average Bonchev–Trinajstić information content (AvgIpc) is 2.41. The highest BCUT2D eigenvalue weighted by Crippen LogP contribution is 2.36. The third-order valence-electron chi connectivity index (χ3n) is 4.15. The largest absolute Gasteiger partial charge is 0.0839 e. The van der Waals surface area contributed by atoms with Crippen LogP contribution in [0.25, 0.3) is 0 Å². The minimum atomic E-state index is 0.552.